The molecule has 0 N–H and O–H groups in total. The Morgan fingerprint density at radius 1 is 1.07 bits per heavy atom. The zero-order valence-corrected chi connectivity index (χ0v) is 11.6. The van der Waals surface area contributed by atoms with E-state index in [-0.39, 0.29) is 0 Å². The van der Waals surface area contributed by atoms with Crippen molar-refractivity contribution in [2.75, 3.05) is 0 Å². The highest BCUT2D eigenvalue weighted by Crippen LogP contribution is 2.40. The molecular weight excluding hydrogens is 168 g/mol. The summed E-state index contributed by atoms with van der Waals surface area (Å²) in [4.78, 5) is 0. The van der Waals surface area contributed by atoms with Crippen LogP contribution in [0.15, 0.2) is 12.2 Å². The predicted molar refractivity (Wildman–Crippen MR) is 68.6 cm³/mol. The quantitative estimate of drug-likeness (QED) is 0.540. The molecule has 0 radical (unpaired) electrons. The number of allylic oxidation sites excluding steroid dienone is 1. The van der Waals surface area contributed by atoms with Crippen LogP contribution in [0.5, 0.6) is 0 Å². The SMILES string of the molecule is C=C(C)C(C)(C(C)C)C(C)C.CCC. The van der Waals surface area contributed by atoms with E-state index >= 15 is 0 Å². The van der Waals surface area contributed by atoms with Crippen LogP contribution in [-0.2, 0) is 0 Å². The fraction of sp³-hybridized carbons (Fsp3) is 0.857. The van der Waals surface area contributed by atoms with Crippen molar-refractivity contribution >= 4 is 0 Å². The molecule has 0 amide bonds. The summed E-state index contributed by atoms with van der Waals surface area (Å²) in [6, 6.07) is 0. The molecule has 86 valence electrons. The van der Waals surface area contributed by atoms with Gasteiger partial charge in [0, 0.05) is 0 Å². The summed E-state index contributed by atoms with van der Waals surface area (Å²) in [6.07, 6.45) is 1.25. The van der Waals surface area contributed by atoms with Crippen LogP contribution in [0.1, 0.15) is 61.8 Å². The molecule has 0 aliphatic heterocycles. The van der Waals surface area contributed by atoms with E-state index in [2.05, 4.69) is 62.0 Å². The molecule has 0 aromatic rings. The maximum atomic E-state index is 4.07. The Morgan fingerprint density at radius 3 is 1.29 bits per heavy atom. The second-order valence-electron chi connectivity index (χ2n) is 5.08. The number of rotatable bonds is 3. The molecule has 14 heavy (non-hydrogen) atoms. The van der Waals surface area contributed by atoms with Crippen molar-refractivity contribution in [3.05, 3.63) is 12.2 Å². The summed E-state index contributed by atoms with van der Waals surface area (Å²) in [5, 5.41) is 0. The normalized spacial score (nSPS) is 11.3. The standard InChI is InChI=1S/C11H22.C3H8/c1-8(2)11(7,9(3)4)10(5)6;1-3-2/h9-10H,1H2,2-7H3;3H2,1-2H3. The van der Waals surface area contributed by atoms with Gasteiger partial charge in [0.15, 0.2) is 0 Å². The van der Waals surface area contributed by atoms with Crippen LogP contribution in [0.4, 0.5) is 0 Å². The van der Waals surface area contributed by atoms with Crippen LogP contribution in [0.2, 0.25) is 0 Å². The van der Waals surface area contributed by atoms with Crippen LogP contribution >= 0.6 is 0 Å². The number of hydrogen-bond acceptors (Lipinski definition) is 0. The molecule has 0 spiro atoms. The van der Waals surface area contributed by atoms with Crippen LogP contribution in [-0.4, -0.2) is 0 Å². The summed E-state index contributed by atoms with van der Waals surface area (Å²) in [7, 11) is 0. The lowest BCUT2D eigenvalue weighted by Crippen LogP contribution is -2.30. The second kappa shape index (κ2) is 7.09. The van der Waals surface area contributed by atoms with Gasteiger partial charge in [-0.2, -0.15) is 0 Å². The Hall–Kier alpha value is -0.260. The third kappa shape index (κ3) is 4.30. The molecule has 0 heterocycles. The Bertz CT molecular complexity index is 143. The Kier molecular flexibility index (Phi) is 8.19. The first-order valence-corrected chi connectivity index (χ1v) is 5.90. The first-order chi connectivity index (χ1) is 6.24. The van der Waals surface area contributed by atoms with E-state index in [0.29, 0.717) is 17.3 Å². The Morgan fingerprint density at radius 2 is 1.29 bits per heavy atom. The molecule has 0 bridgehead atoms. The van der Waals surface area contributed by atoms with Gasteiger partial charge < -0.3 is 0 Å². The van der Waals surface area contributed by atoms with E-state index in [1.807, 2.05) is 0 Å². The highest BCUT2D eigenvalue weighted by Gasteiger charge is 2.32. The van der Waals surface area contributed by atoms with Crippen molar-refractivity contribution in [1.82, 2.24) is 0 Å². The summed E-state index contributed by atoms with van der Waals surface area (Å²) < 4.78 is 0. The molecule has 0 aliphatic carbocycles. The van der Waals surface area contributed by atoms with E-state index in [1.165, 1.54) is 12.0 Å². The lowest BCUT2D eigenvalue weighted by atomic mass is 9.66. The molecule has 0 rings (SSSR count). The fourth-order valence-electron chi connectivity index (χ4n) is 1.65. The molecule has 0 nitrogen and oxygen atoms in total. The largest absolute Gasteiger partial charge is 0.0996 e. The van der Waals surface area contributed by atoms with Crippen molar-refractivity contribution < 1.29 is 0 Å². The summed E-state index contributed by atoms with van der Waals surface area (Å²) in [5.74, 6) is 1.36. The zero-order valence-electron chi connectivity index (χ0n) is 11.6. The monoisotopic (exact) mass is 198 g/mol. The van der Waals surface area contributed by atoms with E-state index < -0.39 is 0 Å². The van der Waals surface area contributed by atoms with Gasteiger partial charge >= 0.3 is 0 Å². The molecular formula is C14H30. The third-order valence-corrected chi connectivity index (χ3v) is 3.32. The highest BCUT2D eigenvalue weighted by atomic mass is 14.4. The van der Waals surface area contributed by atoms with Gasteiger partial charge in [-0.05, 0) is 24.2 Å². The molecule has 0 aliphatic rings. The van der Waals surface area contributed by atoms with Gasteiger partial charge in [0.05, 0.1) is 0 Å². The minimum absolute atomic E-state index is 0.306. The van der Waals surface area contributed by atoms with Gasteiger partial charge in [-0.1, -0.05) is 67.0 Å². The second-order valence-corrected chi connectivity index (χ2v) is 5.08. The van der Waals surface area contributed by atoms with Gasteiger partial charge in [0.25, 0.3) is 0 Å². The first-order valence-electron chi connectivity index (χ1n) is 5.90. The summed E-state index contributed by atoms with van der Waals surface area (Å²) in [6.45, 7) is 21.9. The van der Waals surface area contributed by atoms with Crippen molar-refractivity contribution in [3.63, 3.8) is 0 Å². The van der Waals surface area contributed by atoms with Gasteiger partial charge in [-0.25, -0.2) is 0 Å². The molecule has 0 aromatic heterocycles. The van der Waals surface area contributed by atoms with Gasteiger partial charge in [0.2, 0.25) is 0 Å². The number of hydrogen-bond donors (Lipinski definition) is 0. The van der Waals surface area contributed by atoms with Gasteiger partial charge in [0.1, 0.15) is 0 Å². The average molecular weight is 198 g/mol. The van der Waals surface area contributed by atoms with Crippen LogP contribution in [0.25, 0.3) is 0 Å². The molecule has 0 heteroatoms. The summed E-state index contributed by atoms with van der Waals surface area (Å²) in [5.41, 5.74) is 1.61. The maximum absolute atomic E-state index is 4.07. The molecule has 0 aromatic carbocycles. The first kappa shape index (κ1) is 16.2. The summed E-state index contributed by atoms with van der Waals surface area (Å²) >= 11 is 0. The van der Waals surface area contributed by atoms with Crippen LogP contribution in [0, 0.1) is 17.3 Å². The van der Waals surface area contributed by atoms with Crippen LogP contribution in [0.3, 0.4) is 0 Å². The van der Waals surface area contributed by atoms with Crippen molar-refractivity contribution in [2.24, 2.45) is 17.3 Å². The minimum atomic E-state index is 0.306. The van der Waals surface area contributed by atoms with E-state index in [9.17, 15) is 0 Å². The highest BCUT2D eigenvalue weighted by molar-refractivity contribution is 5.08. The molecule has 0 fully saturated rings. The van der Waals surface area contributed by atoms with Gasteiger partial charge in [-0.3, -0.25) is 0 Å². The molecule has 0 unspecified atom stereocenters. The van der Waals surface area contributed by atoms with E-state index in [4.69, 9.17) is 0 Å². The topological polar surface area (TPSA) is 0 Å². The van der Waals surface area contributed by atoms with Crippen molar-refractivity contribution in [2.45, 2.75) is 61.8 Å². The lowest BCUT2D eigenvalue weighted by Gasteiger charge is -2.38. The smallest absolute Gasteiger partial charge is 0.00759 e. The predicted octanol–water partition coefficient (Wildman–Crippen LogP) is 5.30. The molecule has 0 saturated carbocycles. The van der Waals surface area contributed by atoms with Crippen molar-refractivity contribution in [3.8, 4) is 0 Å². The van der Waals surface area contributed by atoms with Gasteiger partial charge in [-0.15, -0.1) is 0 Å². The van der Waals surface area contributed by atoms with E-state index in [1.54, 1.807) is 0 Å². The molecule has 0 atom stereocenters. The van der Waals surface area contributed by atoms with Crippen LogP contribution < -0.4 is 0 Å². The average Bonchev–Trinajstić information content (AvgIpc) is 2.03. The minimum Gasteiger partial charge on any atom is -0.0996 e. The van der Waals surface area contributed by atoms with E-state index in [0.717, 1.165) is 0 Å². The molecule has 0 saturated heterocycles. The zero-order chi connectivity index (χ0) is 11.9. The fourth-order valence-corrected chi connectivity index (χ4v) is 1.65. The Balaban J connectivity index is 0. The Labute approximate surface area is 91.8 Å². The maximum Gasteiger partial charge on any atom is -0.00759 e. The third-order valence-electron chi connectivity index (χ3n) is 3.32. The van der Waals surface area contributed by atoms with Crippen molar-refractivity contribution in [1.29, 1.82) is 0 Å². The lowest BCUT2D eigenvalue weighted by molar-refractivity contribution is 0.189.